The summed E-state index contributed by atoms with van der Waals surface area (Å²) >= 11 is 1.42. The molecule has 0 saturated carbocycles. The Morgan fingerprint density at radius 1 is 1.23 bits per heavy atom. The van der Waals surface area contributed by atoms with E-state index in [0.717, 1.165) is 29.0 Å². The smallest absolute Gasteiger partial charge is 0.338 e. The predicted octanol–water partition coefficient (Wildman–Crippen LogP) is 5.06. The highest BCUT2D eigenvalue weighted by Crippen LogP contribution is 2.40. The summed E-state index contributed by atoms with van der Waals surface area (Å²) in [5.74, 6) is -1.06. The van der Waals surface area contributed by atoms with Crippen LogP contribution in [0.5, 0.6) is 0 Å². The maximum absolute atomic E-state index is 13.2. The molecule has 0 bridgehead atoms. The molecule has 0 radical (unpaired) electrons. The van der Waals surface area contributed by atoms with Crippen LogP contribution in [0, 0.1) is 5.92 Å². The number of hydrogen-bond acceptors (Lipinski definition) is 6. The van der Waals surface area contributed by atoms with Crippen molar-refractivity contribution in [2.45, 2.75) is 90.0 Å². The van der Waals surface area contributed by atoms with Crippen LogP contribution in [0.25, 0.3) is 0 Å². The van der Waals surface area contributed by atoms with E-state index >= 15 is 0 Å². The van der Waals surface area contributed by atoms with Crippen molar-refractivity contribution in [2.75, 3.05) is 7.05 Å². The minimum atomic E-state index is -1.33. The Kier molecular flexibility index (Phi) is 10.1. The average Bonchev–Trinajstić information content (AvgIpc) is 3.36. The molecule has 0 aliphatic carbocycles. The second kappa shape index (κ2) is 12.9. The number of ether oxygens (including phenoxy) is 1. The second-order valence-electron chi connectivity index (χ2n) is 11.0. The Morgan fingerprint density at radius 2 is 1.90 bits per heavy atom. The number of rotatable bonds is 14. The number of nitrogens with one attached hydrogen (secondary N) is 1. The normalized spacial score (nSPS) is 20.6. The Morgan fingerprint density at radius 3 is 2.46 bits per heavy atom. The topological polar surface area (TPSA) is 112 Å². The zero-order valence-electron chi connectivity index (χ0n) is 23.8. The summed E-state index contributed by atoms with van der Waals surface area (Å²) < 4.78 is 5.55. The van der Waals surface area contributed by atoms with Crippen molar-refractivity contribution < 1.29 is 24.2 Å². The van der Waals surface area contributed by atoms with Crippen LogP contribution in [0.1, 0.15) is 80.9 Å². The van der Waals surface area contributed by atoms with E-state index in [0.29, 0.717) is 18.5 Å². The molecule has 1 aromatic heterocycles. The van der Waals surface area contributed by atoms with Gasteiger partial charge in [0, 0.05) is 30.8 Å². The third kappa shape index (κ3) is 7.54. The molecule has 212 valence electrons. The molecule has 2 N–H and O–H groups in total. The van der Waals surface area contributed by atoms with Gasteiger partial charge in [-0.05, 0) is 37.7 Å². The van der Waals surface area contributed by atoms with Crippen molar-refractivity contribution in [3.05, 3.63) is 64.1 Å². The monoisotopic (exact) mass is 555 g/mol. The van der Waals surface area contributed by atoms with Crippen LogP contribution in [0.3, 0.4) is 0 Å². The lowest BCUT2D eigenvalue weighted by Gasteiger charge is -2.33. The molecule has 3 rings (SSSR count). The van der Waals surface area contributed by atoms with Gasteiger partial charge < -0.3 is 20.1 Å². The summed E-state index contributed by atoms with van der Waals surface area (Å²) in [5, 5.41) is 15.1. The van der Waals surface area contributed by atoms with Gasteiger partial charge in [0.2, 0.25) is 5.91 Å². The molecule has 1 aliphatic rings. The fraction of sp³-hybridized carbons (Fsp3) is 0.533. The zero-order valence-corrected chi connectivity index (χ0v) is 24.6. The molecule has 2 heterocycles. The third-order valence-corrected chi connectivity index (χ3v) is 8.67. The van der Waals surface area contributed by atoms with E-state index in [2.05, 4.69) is 37.7 Å². The van der Waals surface area contributed by atoms with Gasteiger partial charge in [0.1, 0.15) is 11.8 Å². The molecule has 39 heavy (non-hydrogen) atoms. The SMILES string of the molecule is C=C(CC)CC(=O)N(C)[C@H](C[C@@H](C)c1nc(C(=O)N[C@@H](Cc2ccccc2)C2OC2(C)C(=O)O)cs1)C(C)C. The number of aromatic nitrogens is 1. The number of amides is 2. The molecule has 2 unspecified atom stereocenters. The van der Waals surface area contributed by atoms with Gasteiger partial charge in [-0.15, -0.1) is 11.3 Å². The van der Waals surface area contributed by atoms with Crippen molar-refractivity contribution in [2.24, 2.45) is 5.92 Å². The van der Waals surface area contributed by atoms with Crippen LogP contribution in [-0.2, 0) is 20.7 Å². The number of carbonyl (C=O) groups excluding carboxylic acids is 2. The van der Waals surface area contributed by atoms with Crippen LogP contribution < -0.4 is 5.32 Å². The van der Waals surface area contributed by atoms with Crippen molar-refractivity contribution >= 4 is 29.1 Å². The number of aliphatic carboxylic acids is 1. The van der Waals surface area contributed by atoms with Crippen LogP contribution >= 0.6 is 11.3 Å². The van der Waals surface area contributed by atoms with Crippen molar-refractivity contribution in [3.8, 4) is 0 Å². The summed E-state index contributed by atoms with van der Waals surface area (Å²) in [6.45, 7) is 13.8. The first-order valence-electron chi connectivity index (χ1n) is 13.5. The lowest BCUT2D eigenvalue weighted by molar-refractivity contribution is -0.142. The molecule has 8 nitrogen and oxygen atoms in total. The Balaban J connectivity index is 1.69. The van der Waals surface area contributed by atoms with Gasteiger partial charge in [0.15, 0.2) is 5.60 Å². The molecule has 2 aromatic rings. The number of thiazole rings is 1. The standard InChI is InChI=1S/C30H41N3O5S/c1-8-19(4)14-25(34)33(7)24(18(2)3)15-20(5)28-32-23(17-39-28)27(35)31-22(16-21-12-10-9-11-13-21)26-30(6,38-26)29(36)37/h9-13,17-18,20,22,24,26H,4,8,14-16H2,1-3,5-7H3,(H,31,35)(H,36,37)/t20-,22+,24-,26?,30?/m1/s1. The number of carbonyl (C=O) groups is 3. The maximum atomic E-state index is 13.2. The minimum Gasteiger partial charge on any atom is -0.479 e. The van der Waals surface area contributed by atoms with Gasteiger partial charge in [-0.3, -0.25) is 9.59 Å². The van der Waals surface area contributed by atoms with E-state index < -0.39 is 23.7 Å². The molecule has 1 aromatic carbocycles. The second-order valence-corrected chi connectivity index (χ2v) is 11.9. The molecular weight excluding hydrogens is 514 g/mol. The number of epoxide rings is 1. The van der Waals surface area contributed by atoms with Gasteiger partial charge in [-0.25, -0.2) is 9.78 Å². The van der Waals surface area contributed by atoms with Crippen molar-refractivity contribution in [1.82, 2.24) is 15.2 Å². The van der Waals surface area contributed by atoms with Crippen LogP contribution in [0.15, 0.2) is 47.9 Å². The maximum Gasteiger partial charge on any atom is 0.338 e. The lowest BCUT2D eigenvalue weighted by atomic mass is 9.92. The highest BCUT2D eigenvalue weighted by molar-refractivity contribution is 7.09. The lowest BCUT2D eigenvalue weighted by Crippen LogP contribution is -2.44. The van der Waals surface area contributed by atoms with Crippen molar-refractivity contribution in [1.29, 1.82) is 0 Å². The van der Waals surface area contributed by atoms with E-state index in [9.17, 15) is 19.5 Å². The number of benzene rings is 1. The van der Waals surface area contributed by atoms with E-state index in [1.807, 2.05) is 49.2 Å². The predicted molar refractivity (Wildman–Crippen MR) is 153 cm³/mol. The molecule has 1 aliphatic heterocycles. The Bertz CT molecular complexity index is 1180. The van der Waals surface area contributed by atoms with Crippen LogP contribution in [0.2, 0.25) is 0 Å². The van der Waals surface area contributed by atoms with E-state index in [1.165, 1.54) is 18.3 Å². The Labute approximate surface area is 235 Å². The van der Waals surface area contributed by atoms with Crippen LogP contribution in [0.4, 0.5) is 0 Å². The quantitative estimate of drug-likeness (QED) is 0.249. The fourth-order valence-electron chi connectivity index (χ4n) is 4.82. The zero-order chi connectivity index (χ0) is 28.9. The van der Waals surface area contributed by atoms with Crippen LogP contribution in [-0.4, -0.2) is 63.6 Å². The van der Waals surface area contributed by atoms with E-state index in [1.54, 1.807) is 5.38 Å². The van der Waals surface area contributed by atoms with Crippen molar-refractivity contribution in [3.63, 3.8) is 0 Å². The molecule has 1 fully saturated rings. The number of carboxylic acid groups (broad SMARTS) is 1. The first kappa shape index (κ1) is 30.5. The molecule has 9 heteroatoms. The average molecular weight is 556 g/mol. The highest BCUT2D eigenvalue weighted by atomic mass is 32.1. The minimum absolute atomic E-state index is 0.0225. The molecular formula is C30H41N3O5S. The van der Waals surface area contributed by atoms with Gasteiger partial charge in [0.25, 0.3) is 5.91 Å². The first-order valence-corrected chi connectivity index (χ1v) is 14.4. The summed E-state index contributed by atoms with van der Waals surface area (Å²) in [6.07, 6.45) is 1.65. The summed E-state index contributed by atoms with van der Waals surface area (Å²) in [4.78, 5) is 44.2. The van der Waals surface area contributed by atoms with E-state index in [-0.39, 0.29) is 29.7 Å². The van der Waals surface area contributed by atoms with E-state index in [4.69, 9.17) is 4.74 Å². The molecule has 1 saturated heterocycles. The van der Waals surface area contributed by atoms with Gasteiger partial charge in [0.05, 0.1) is 11.0 Å². The third-order valence-electron chi connectivity index (χ3n) is 7.60. The first-order chi connectivity index (χ1) is 18.4. The summed E-state index contributed by atoms with van der Waals surface area (Å²) in [5.41, 5.74) is 0.860. The largest absolute Gasteiger partial charge is 0.479 e. The molecule has 2 amide bonds. The highest BCUT2D eigenvalue weighted by Gasteiger charge is 2.62. The number of hydrogen-bond donors (Lipinski definition) is 2. The summed E-state index contributed by atoms with van der Waals surface area (Å²) in [7, 11) is 1.85. The number of carboxylic acids is 1. The van der Waals surface area contributed by atoms with Gasteiger partial charge in [-0.2, -0.15) is 0 Å². The van der Waals surface area contributed by atoms with Gasteiger partial charge >= 0.3 is 5.97 Å². The molecule has 5 atom stereocenters. The molecule has 0 spiro atoms. The number of nitrogens with zero attached hydrogens (tertiary/aromatic N) is 2. The Hall–Kier alpha value is -3.04. The van der Waals surface area contributed by atoms with Gasteiger partial charge in [-0.1, -0.05) is 70.2 Å². The summed E-state index contributed by atoms with van der Waals surface area (Å²) in [6, 6.07) is 9.09. The fourth-order valence-corrected chi connectivity index (χ4v) is 5.69.